The van der Waals surface area contributed by atoms with Crippen LogP contribution in [-0.4, -0.2) is 24.6 Å². The van der Waals surface area contributed by atoms with Gasteiger partial charge in [-0.2, -0.15) is 0 Å². The van der Waals surface area contributed by atoms with E-state index < -0.39 is 41.7 Å². The van der Waals surface area contributed by atoms with E-state index in [0.717, 1.165) is 64.2 Å². The average molecular weight is 513 g/mol. The Hall–Kier alpha value is -0.900. The number of unbranched alkanes of at least 4 members (excludes halogenated alkanes) is 9. The van der Waals surface area contributed by atoms with E-state index in [9.17, 15) is 22.0 Å². The molecule has 1 rings (SSSR count). The molecule has 7 heteroatoms. The third kappa shape index (κ3) is 8.35. The molecule has 1 nitrogen and oxygen atoms in total. The average Bonchev–Trinajstić information content (AvgIpc) is 2.85. The van der Waals surface area contributed by atoms with E-state index in [0.29, 0.717) is 24.6 Å². The summed E-state index contributed by atoms with van der Waals surface area (Å²) in [5, 5.41) is 0. The van der Waals surface area contributed by atoms with Crippen LogP contribution < -0.4 is 4.52 Å². The van der Waals surface area contributed by atoms with Gasteiger partial charge in [-0.05, 0) is 0 Å². The Kier molecular flexibility index (Phi) is 14.0. The molecule has 1 aromatic carbocycles. The molecule has 0 heterocycles. The minimum atomic E-state index is -3.29. The molecule has 0 fully saturated rings. The summed E-state index contributed by atoms with van der Waals surface area (Å²) < 4.78 is 77.9. The van der Waals surface area contributed by atoms with Crippen molar-refractivity contribution in [1.29, 1.82) is 0 Å². The first kappa shape index (κ1) is 31.1. The Balaban J connectivity index is 3.44. The normalized spacial score (nSPS) is 13.1. The summed E-state index contributed by atoms with van der Waals surface area (Å²) in [5.41, 5.74) is 0. The van der Waals surface area contributed by atoms with E-state index >= 15 is 0 Å². The Morgan fingerprint density at radius 3 is 1.18 bits per heavy atom. The van der Waals surface area contributed by atoms with Crippen molar-refractivity contribution >= 4 is 6.83 Å². The first-order chi connectivity index (χ1) is 16.2. The van der Waals surface area contributed by atoms with Crippen molar-refractivity contribution in [1.82, 2.24) is 0 Å². The van der Waals surface area contributed by atoms with Gasteiger partial charge in [0, 0.05) is 0 Å². The summed E-state index contributed by atoms with van der Waals surface area (Å²) in [7, 11) is 0. The predicted molar refractivity (Wildman–Crippen MR) is 136 cm³/mol. The van der Waals surface area contributed by atoms with E-state index in [1.54, 1.807) is 0 Å². The van der Waals surface area contributed by atoms with Crippen LogP contribution in [0.2, 0.25) is 0 Å². The van der Waals surface area contributed by atoms with Gasteiger partial charge in [-0.3, -0.25) is 0 Å². The maximum absolute atomic E-state index is 14.8. The molecule has 0 unspecified atom stereocenters. The van der Waals surface area contributed by atoms with Crippen LogP contribution in [-0.2, 0) is 0 Å². The standard InChI is InChI=1S/C27H46F5OP/c1-5-9-13-14-15-16-17-21-34(18-10-6-2,19-11-7-3,20-12-8-4)33-27-25(31)23(29)22(28)24(30)26(27)32/h5-21H2,1-4H3. The Morgan fingerprint density at radius 1 is 0.441 bits per heavy atom. The van der Waals surface area contributed by atoms with Crippen LogP contribution in [0, 0.1) is 29.1 Å². The van der Waals surface area contributed by atoms with E-state index in [4.69, 9.17) is 4.52 Å². The molecule has 0 aliphatic rings. The van der Waals surface area contributed by atoms with Crippen molar-refractivity contribution < 1.29 is 26.5 Å². The fourth-order valence-electron chi connectivity index (χ4n) is 4.92. The van der Waals surface area contributed by atoms with Gasteiger partial charge in [-0.1, -0.05) is 0 Å². The van der Waals surface area contributed by atoms with Gasteiger partial charge in [0.05, 0.1) is 0 Å². The van der Waals surface area contributed by atoms with Crippen LogP contribution in [0.1, 0.15) is 111 Å². The molecule has 0 N–H and O–H groups in total. The molecular weight excluding hydrogens is 466 g/mol. The number of halogens is 5. The molecule has 0 bridgehead atoms. The van der Waals surface area contributed by atoms with Gasteiger partial charge in [0.15, 0.2) is 0 Å². The zero-order chi connectivity index (χ0) is 25.6. The van der Waals surface area contributed by atoms with E-state index in [1.165, 1.54) is 19.3 Å². The molecule has 0 amide bonds. The van der Waals surface area contributed by atoms with Crippen LogP contribution in [0.15, 0.2) is 0 Å². The third-order valence-corrected chi connectivity index (χ3v) is 13.6. The van der Waals surface area contributed by atoms with E-state index in [1.807, 2.05) is 0 Å². The van der Waals surface area contributed by atoms with Gasteiger partial charge in [-0.15, -0.1) is 0 Å². The second-order valence-corrected chi connectivity index (χ2v) is 15.6. The molecule has 0 saturated carbocycles. The first-order valence-corrected chi connectivity index (χ1v) is 16.3. The molecule has 0 aliphatic carbocycles. The number of benzene rings is 1. The molecule has 0 aliphatic heterocycles. The summed E-state index contributed by atoms with van der Waals surface area (Å²) >= 11 is 0. The van der Waals surface area contributed by atoms with Crippen molar-refractivity contribution in [2.24, 2.45) is 0 Å². The Labute approximate surface area is 204 Å². The molecule has 1 aromatic rings. The summed E-state index contributed by atoms with van der Waals surface area (Å²) in [4.78, 5) is 0. The number of hydrogen-bond acceptors (Lipinski definition) is 1. The van der Waals surface area contributed by atoms with Crippen molar-refractivity contribution in [2.75, 3.05) is 24.6 Å². The fraction of sp³-hybridized carbons (Fsp3) is 0.778. The monoisotopic (exact) mass is 512 g/mol. The second-order valence-electron chi connectivity index (χ2n) is 9.92. The third-order valence-electron chi connectivity index (χ3n) is 7.08. The second kappa shape index (κ2) is 15.3. The van der Waals surface area contributed by atoms with Crippen molar-refractivity contribution in [3.8, 4) is 5.75 Å². The summed E-state index contributed by atoms with van der Waals surface area (Å²) in [6.45, 7) is 5.04. The molecule has 200 valence electrons. The quantitative estimate of drug-likeness (QED) is 0.0589. The van der Waals surface area contributed by atoms with Gasteiger partial charge >= 0.3 is 204 Å². The summed E-state index contributed by atoms with van der Waals surface area (Å²) in [6, 6.07) is 0. The SMILES string of the molecule is CCCCCCCCCP(CCCC)(CCCC)(CCCC)Oc1c(F)c(F)c(F)c(F)c1F. The minimum absolute atomic E-state index is 0.664. The summed E-state index contributed by atoms with van der Waals surface area (Å²) in [5.74, 6) is -10.7. The fourth-order valence-corrected chi connectivity index (χ4v) is 11.7. The topological polar surface area (TPSA) is 9.23 Å². The van der Waals surface area contributed by atoms with Gasteiger partial charge in [0.25, 0.3) is 0 Å². The molecule has 0 aromatic heterocycles. The Morgan fingerprint density at radius 2 is 0.765 bits per heavy atom. The van der Waals surface area contributed by atoms with Crippen LogP contribution in [0.25, 0.3) is 0 Å². The molecular formula is C27H46F5OP. The van der Waals surface area contributed by atoms with Crippen LogP contribution in [0.3, 0.4) is 0 Å². The van der Waals surface area contributed by atoms with Gasteiger partial charge in [0.2, 0.25) is 0 Å². The molecule has 0 saturated heterocycles. The van der Waals surface area contributed by atoms with Crippen LogP contribution in [0.4, 0.5) is 22.0 Å². The van der Waals surface area contributed by atoms with E-state index in [2.05, 4.69) is 27.7 Å². The van der Waals surface area contributed by atoms with Gasteiger partial charge in [-0.25, -0.2) is 0 Å². The first-order valence-electron chi connectivity index (χ1n) is 13.4. The molecule has 0 spiro atoms. The summed E-state index contributed by atoms with van der Waals surface area (Å²) in [6.07, 6.45) is 15.5. The molecule has 0 radical (unpaired) electrons. The zero-order valence-electron chi connectivity index (χ0n) is 21.8. The predicted octanol–water partition coefficient (Wildman–Crippen LogP) is 10.4. The van der Waals surface area contributed by atoms with Crippen LogP contribution >= 0.6 is 6.83 Å². The zero-order valence-corrected chi connectivity index (χ0v) is 22.7. The van der Waals surface area contributed by atoms with E-state index in [-0.39, 0.29) is 0 Å². The van der Waals surface area contributed by atoms with Crippen molar-refractivity contribution in [3.63, 3.8) is 0 Å². The molecule has 0 atom stereocenters. The molecule has 34 heavy (non-hydrogen) atoms. The maximum atomic E-state index is 14.8. The van der Waals surface area contributed by atoms with Crippen molar-refractivity contribution in [2.45, 2.75) is 111 Å². The number of hydrogen-bond donors (Lipinski definition) is 0. The van der Waals surface area contributed by atoms with Gasteiger partial charge in [0.1, 0.15) is 0 Å². The number of rotatable bonds is 19. The van der Waals surface area contributed by atoms with Crippen molar-refractivity contribution in [3.05, 3.63) is 29.1 Å². The van der Waals surface area contributed by atoms with Crippen LogP contribution in [0.5, 0.6) is 5.75 Å². The Bertz CT molecular complexity index is 687. The van der Waals surface area contributed by atoms with Gasteiger partial charge < -0.3 is 0 Å².